The molecule has 140 valence electrons. The summed E-state index contributed by atoms with van der Waals surface area (Å²) in [4.78, 5) is 21.8. The molecule has 2 aromatic carbocycles. The fraction of sp³-hybridized carbons (Fsp3) is 0.333. The second-order valence-electron chi connectivity index (χ2n) is 6.91. The number of thiazole rings is 1. The van der Waals surface area contributed by atoms with E-state index in [0.717, 1.165) is 23.7 Å². The highest BCUT2D eigenvalue weighted by molar-refractivity contribution is 7.22. The number of hydrogen-bond acceptors (Lipinski definition) is 5. The summed E-state index contributed by atoms with van der Waals surface area (Å²) in [6.07, 6.45) is 0. The fourth-order valence-electron chi connectivity index (χ4n) is 3.34. The molecule has 1 amide bonds. The highest BCUT2D eigenvalue weighted by atomic mass is 32.1. The number of carbonyl (C=O) groups is 1. The van der Waals surface area contributed by atoms with E-state index in [9.17, 15) is 4.79 Å². The molecule has 5 nitrogen and oxygen atoms in total. The molecule has 0 unspecified atom stereocenters. The molecule has 1 saturated heterocycles. The number of aryl methyl sites for hydroxylation is 2. The largest absolute Gasteiger partial charge is 0.497 e. The Bertz CT molecular complexity index is 951. The highest BCUT2D eigenvalue weighted by Gasteiger charge is 2.24. The molecule has 1 aliphatic rings. The van der Waals surface area contributed by atoms with E-state index in [-0.39, 0.29) is 5.91 Å². The molecular weight excluding hydrogens is 358 g/mol. The lowest BCUT2D eigenvalue weighted by molar-refractivity contribution is 0.0746. The number of fused-ring (bicyclic) bond motifs is 1. The van der Waals surface area contributed by atoms with Crippen LogP contribution in [-0.2, 0) is 0 Å². The van der Waals surface area contributed by atoms with E-state index in [4.69, 9.17) is 9.72 Å². The molecule has 4 rings (SSSR count). The lowest BCUT2D eigenvalue weighted by Crippen LogP contribution is -2.48. The first kappa shape index (κ1) is 17.8. The third kappa shape index (κ3) is 3.49. The van der Waals surface area contributed by atoms with Crippen LogP contribution in [0.1, 0.15) is 21.5 Å². The molecule has 0 radical (unpaired) electrons. The first-order chi connectivity index (χ1) is 13.0. The predicted octanol–water partition coefficient (Wildman–Crippen LogP) is 3.88. The summed E-state index contributed by atoms with van der Waals surface area (Å²) in [5.74, 6) is 0.767. The van der Waals surface area contributed by atoms with Crippen LogP contribution in [0.15, 0.2) is 36.4 Å². The number of piperazine rings is 1. The molecule has 6 heteroatoms. The standard InChI is InChI=1S/C21H23N3O2S/c1-14-11-18-19(12-15(14)2)27-21(22-18)24-9-7-23(8-10-24)20(25)16-5-4-6-17(13-16)26-3/h4-6,11-13H,7-10H2,1-3H3. The Balaban J connectivity index is 1.46. The first-order valence-corrected chi connectivity index (χ1v) is 9.93. The van der Waals surface area contributed by atoms with Crippen molar-refractivity contribution in [1.29, 1.82) is 0 Å². The van der Waals surface area contributed by atoms with Crippen LogP contribution in [0, 0.1) is 13.8 Å². The monoisotopic (exact) mass is 381 g/mol. The van der Waals surface area contributed by atoms with Crippen molar-refractivity contribution in [3.63, 3.8) is 0 Å². The summed E-state index contributed by atoms with van der Waals surface area (Å²) in [6.45, 7) is 7.25. The van der Waals surface area contributed by atoms with Gasteiger partial charge in [-0.3, -0.25) is 4.79 Å². The van der Waals surface area contributed by atoms with Crippen LogP contribution in [0.5, 0.6) is 5.75 Å². The first-order valence-electron chi connectivity index (χ1n) is 9.11. The van der Waals surface area contributed by atoms with Crippen molar-refractivity contribution < 1.29 is 9.53 Å². The van der Waals surface area contributed by atoms with Gasteiger partial charge < -0.3 is 14.5 Å². The summed E-state index contributed by atoms with van der Waals surface area (Å²) in [6, 6.07) is 11.7. The lowest BCUT2D eigenvalue weighted by Gasteiger charge is -2.34. The molecule has 1 aliphatic heterocycles. The van der Waals surface area contributed by atoms with Crippen LogP contribution >= 0.6 is 11.3 Å². The van der Waals surface area contributed by atoms with Gasteiger partial charge in [0.15, 0.2) is 5.13 Å². The van der Waals surface area contributed by atoms with Crippen LogP contribution in [0.4, 0.5) is 5.13 Å². The van der Waals surface area contributed by atoms with Crippen LogP contribution < -0.4 is 9.64 Å². The Kier molecular flexibility index (Phi) is 4.74. The number of nitrogens with zero attached hydrogens (tertiary/aromatic N) is 3. The van der Waals surface area contributed by atoms with Crippen LogP contribution in [-0.4, -0.2) is 49.1 Å². The van der Waals surface area contributed by atoms with Gasteiger partial charge in [-0.1, -0.05) is 17.4 Å². The van der Waals surface area contributed by atoms with Gasteiger partial charge in [-0.05, 0) is 55.3 Å². The minimum atomic E-state index is 0.0594. The number of ether oxygens (including phenoxy) is 1. The maximum absolute atomic E-state index is 12.8. The smallest absolute Gasteiger partial charge is 0.254 e. The SMILES string of the molecule is COc1cccc(C(=O)N2CCN(c3nc4cc(C)c(C)cc4s3)CC2)c1. The van der Waals surface area contributed by atoms with E-state index in [1.165, 1.54) is 15.8 Å². The average Bonchev–Trinajstić information content (AvgIpc) is 3.10. The number of amides is 1. The van der Waals surface area contributed by atoms with Gasteiger partial charge in [0.25, 0.3) is 5.91 Å². The van der Waals surface area contributed by atoms with Crippen molar-refractivity contribution in [3.8, 4) is 5.75 Å². The summed E-state index contributed by atoms with van der Waals surface area (Å²) in [5.41, 5.74) is 4.31. The zero-order valence-electron chi connectivity index (χ0n) is 15.9. The minimum absolute atomic E-state index is 0.0594. The molecule has 0 aliphatic carbocycles. The minimum Gasteiger partial charge on any atom is -0.497 e. The van der Waals surface area contributed by atoms with Gasteiger partial charge >= 0.3 is 0 Å². The van der Waals surface area contributed by atoms with Crippen LogP contribution in [0.25, 0.3) is 10.2 Å². The Morgan fingerprint density at radius 2 is 1.81 bits per heavy atom. The second kappa shape index (κ2) is 7.19. The van der Waals surface area contributed by atoms with E-state index in [1.807, 2.05) is 23.1 Å². The van der Waals surface area contributed by atoms with Crippen molar-refractivity contribution in [1.82, 2.24) is 9.88 Å². The quantitative estimate of drug-likeness (QED) is 0.691. The normalized spacial score (nSPS) is 14.6. The maximum Gasteiger partial charge on any atom is 0.254 e. The predicted molar refractivity (Wildman–Crippen MR) is 110 cm³/mol. The van der Waals surface area contributed by atoms with E-state index in [2.05, 4.69) is 30.9 Å². The number of rotatable bonds is 3. The van der Waals surface area contributed by atoms with Gasteiger partial charge in [0.05, 0.1) is 17.3 Å². The van der Waals surface area contributed by atoms with E-state index < -0.39 is 0 Å². The van der Waals surface area contributed by atoms with Gasteiger partial charge in [0.2, 0.25) is 0 Å². The Morgan fingerprint density at radius 1 is 1.07 bits per heavy atom. The molecule has 1 aromatic heterocycles. The Hall–Kier alpha value is -2.60. The lowest BCUT2D eigenvalue weighted by atomic mass is 10.1. The number of methoxy groups -OCH3 is 1. The number of anilines is 1. The van der Waals surface area contributed by atoms with Gasteiger partial charge in [0.1, 0.15) is 5.75 Å². The fourth-order valence-corrected chi connectivity index (χ4v) is 4.44. The van der Waals surface area contributed by atoms with E-state index in [0.29, 0.717) is 24.4 Å². The molecule has 0 bridgehead atoms. The van der Waals surface area contributed by atoms with E-state index in [1.54, 1.807) is 24.5 Å². The average molecular weight is 382 g/mol. The summed E-state index contributed by atoms with van der Waals surface area (Å²) in [5, 5.41) is 1.04. The molecule has 0 atom stereocenters. The van der Waals surface area contributed by atoms with Gasteiger partial charge in [-0.2, -0.15) is 0 Å². The van der Waals surface area contributed by atoms with Crippen LogP contribution in [0.3, 0.4) is 0 Å². The summed E-state index contributed by atoms with van der Waals surface area (Å²) < 4.78 is 6.45. The van der Waals surface area contributed by atoms with Gasteiger partial charge in [0, 0.05) is 31.7 Å². The molecule has 0 saturated carbocycles. The molecule has 1 fully saturated rings. The third-order valence-electron chi connectivity index (χ3n) is 5.15. The summed E-state index contributed by atoms with van der Waals surface area (Å²) >= 11 is 1.73. The number of benzene rings is 2. The summed E-state index contributed by atoms with van der Waals surface area (Å²) in [7, 11) is 1.61. The third-order valence-corrected chi connectivity index (χ3v) is 6.23. The molecule has 3 aromatic rings. The van der Waals surface area contributed by atoms with Crippen molar-refractivity contribution in [3.05, 3.63) is 53.1 Å². The van der Waals surface area contributed by atoms with Crippen LogP contribution in [0.2, 0.25) is 0 Å². The van der Waals surface area contributed by atoms with Crippen molar-refractivity contribution in [2.24, 2.45) is 0 Å². The number of carbonyl (C=O) groups excluding carboxylic acids is 1. The number of aromatic nitrogens is 1. The number of hydrogen-bond donors (Lipinski definition) is 0. The molecule has 0 N–H and O–H groups in total. The van der Waals surface area contributed by atoms with Crippen molar-refractivity contribution >= 4 is 32.6 Å². The molecule has 27 heavy (non-hydrogen) atoms. The van der Waals surface area contributed by atoms with Crippen molar-refractivity contribution in [2.45, 2.75) is 13.8 Å². The molecule has 0 spiro atoms. The Labute approximate surface area is 163 Å². The Morgan fingerprint density at radius 3 is 2.56 bits per heavy atom. The van der Waals surface area contributed by atoms with Crippen molar-refractivity contribution in [2.75, 3.05) is 38.2 Å². The second-order valence-corrected chi connectivity index (χ2v) is 7.92. The zero-order valence-corrected chi connectivity index (χ0v) is 16.7. The zero-order chi connectivity index (χ0) is 19.0. The molecular formula is C21H23N3O2S. The molecule has 2 heterocycles. The maximum atomic E-state index is 12.8. The van der Waals surface area contributed by atoms with E-state index >= 15 is 0 Å². The topological polar surface area (TPSA) is 45.7 Å². The highest BCUT2D eigenvalue weighted by Crippen LogP contribution is 2.31. The van der Waals surface area contributed by atoms with Gasteiger partial charge in [-0.15, -0.1) is 0 Å². The van der Waals surface area contributed by atoms with Gasteiger partial charge in [-0.25, -0.2) is 4.98 Å².